The van der Waals surface area contributed by atoms with Gasteiger partial charge in [0, 0.05) is 17.0 Å². The van der Waals surface area contributed by atoms with E-state index in [0.29, 0.717) is 11.4 Å². The van der Waals surface area contributed by atoms with Gasteiger partial charge in [0.1, 0.15) is 11.5 Å². The largest absolute Gasteiger partial charge is 0.506 e. The van der Waals surface area contributed by atoms with Crippen molar-refractivity contribution in [2.75, 3.05) is 11.5 Å². The van der Waals surface area contributed by atoms with Crippen LogP contribution in [0.25, 0.3) is 22.2 Å². The summed E-state index contributed by atoms with van der Waals surface area (Å²) in [5, 5.41) is 10.5. The number of H-pyrrole nitrogens is 1. The van der Waals surface area contributed by atoms with Crippen molar-refractivity contribution in [1.82, 2.24) is 4.98 Å². The van der Waals surface area contributed by atoms with Crippen molar-refractivity contribution in [1.29, 1.82) is 0 Å². The number of aromatic hydroxyl groups is 1. The van der Waals surface area contributed by atoms with E-state index in [-0.39, 0.29) is 11.9 Å². The molecule has 0 aliphatic heterocycles. The third-order valence-corrected chi connectivity index (χ3v) is 3.50. The number of benzene rings is 2. The fraction of sp³-hybridized carbons (Fsp3) is 0.176. The van der Waals surface area contributed by atoms with E-state index in [1.54, 1.807) is 18.2 Å². The normalized spacial score (nSPS) is 11.2. The highest BCUT2D eigenvalue weighted by atomic mass is 16.5. The first kappa shape index (κ1) is 14.1. The van der Waals surface area contributed by atoms with E-state index in [2.05, 4.69) is 4.98 Å². The average Bonchev–Trinajstić information content (AvgIpc) is 2.78. The number of aromatic nitrogens is 1. The molecule has 2 aromatic carbocycles. The molecule has 0 aliphatic rings. The fourth-order valence-electron chi connectivity index (χ4n) is 2.48. The standard InChI is InChI=1S/C17H19N3O2/c1-9(2)22-11-4-5-12-14(8-11)20-17(16(12)19)10-3-6-15(21)13(18)7-10/h3-9,20-21H,18-19H2,1-2H3. The number of ether oxygens (including phenoxy) is 1. The van der Waals surface area contributed by atoms with Crippen LogP contribution in [0, 0.1) is 0 Å². The minimum atomic E-state index is 0.0612. The third kappa shape index (κ3) is 2.41. The van der Waals surface area contributed by atoms with Crippen molar-refractivity contribution < 1.29 is 9.84 Å². The van der Waals surface area contributed by atoms with Crippen LogP contribution in [0.5, 0.6) is 11.5 Å². The maximum atomic E-state index is 9.54. The number of phenolic OH excluding ortho intramolecular Hbond substituents is 1. The number of nitrogens with two attached hydrogens (primary N) is 2. The van der Waals surface area contributed by atoms with Crippen molar-refractivity contribution in [3.63, 3.8) is 0 Å². The predicted octanol–water partition coefficient (Wildman–Crippen LogP) is 3.49. The minimum Gasteiger partial charge on any atom is -0.506 e. The van der Waals surface area contributed by atoms with Crippen molar-refractivity contribution in [3.05, 3.63) is 36.4 Å². The van der Waals surface area contributed by atoms with Gasteiger partial charge in [0.25, 0.3) is 0 Å². The van der Waals surface area contributed by atoms with E-state index in [4.69, 9.17) is 16.2 Å². The van der Waals surface area contributed by atoms with Gasteiger partial charge < -0.3 is 26.3 Å². The molecule has 5 nitrogen and oxygen atoms in total. The first-order valence-electron chi connectivity index (χ1n) is 7.12. The zero-order chi connectivity index (χ0) is 15.9. The molecule has 0 saturated carbocycles. The lowest BCUT2D eigenvalue weighted by molar-refractivity contribution is 0.243. The molecular weight excluding hydrogens is 278 g/mol. The van der Waals surface area contributed by atoms with Crippen LogP contribution < -0.4 is 16.2 Å². The Morgan fingerprint density at radius 1 is 1.09 bits per heavy atom. The second-order valence-electron chi connectivity index (χ2n) is 5.56. The molecule has 1 heterocycles. The Morgan fingerprint density at radius 2 is 1.86 bits per heavy atom. The molecule has 22 heavy (non-hydrogen) atoms. The molecule has 1 aromatic heterocycles. The van der Waals surface area contributed by atoms with Gasteiger partial charge in [-0.15, -0.1) is 0 Å². The maximum Gasteiger partial charge on any atom is 0.138 e. The number of aromatic amines is 1. The number of rotatable bonds is 3. The molecule has 6 N–H and O–H groups in total. The van der Waals surface area contributed by atoms with E-state index < -0.39 is 0 Å². The molecule has 114 valence electrons. The Hall–Kier alpha value is -2.82. The van der Waals surface area contributed by atoms with Gasteiger partial charge in [-0.25, -0.2) is 0 Å². The van der Waals surface area contributed by atoms with Crippen molar-refractivity contribution in [2.45, 2.75) is 20.0 Å². The third-order valence-electron chi connectivity index (χ3n) is 3.50. The van der Waals surface area contributed by atoms with Gasteiger partial charge >= 0.3 is 0 Å². The molecule has 0 saturated heterocycles. The number of hydrogen-bond donors (Lipinski definition) is 4. The number of hydrogen-bond acceptors (Lipinski definition) is 4. The molecule has 0 atom stereocenters. The summed E-state index contributed by atoms with van der Waals surface area (Å²) < 4.78 is 5.70. The monoisotopic (exact) mass is 297 g/mol. The smallest absolute Gasteiger partial charge is 0.138 e. The molecule has 0 unspecified atom stereocenters. The molecule has 0 aliphatic carbocycles. The van der Waals surface area contributed by atoms with Crippen LogP contribution in [-0.2, 0) is 0 Å². The lowest BCUT2D eigenvalue weighted by Crippen LogP contribution is -2.05. The topological polar surface area (TPSA) is 97.3 Å². The summed E-state index contributed by atoms with van der Waals surface area (Å²) in [5.41, 5.74) is 15.5. The lowest BCUT2D eigenvalue weighted by atomic mass is 10.1. The molecule has 0 spiro atoms. The zero-order valence-corrected chi connectivity index (χ0v) is 12.6. The van der Waals surface area contributed by atoms with Crippen LogP contribution in [-0.4, -0.2) is 16.2 Å². The Bertz CT molecular complexity index is 837. The van der Waals surface area contributed by atoms with Crippen LogP contribution in [0.4, 0.5) is 11.4 Å². The van der Waals surface area contributed by atoms with Crippen molar-refractivity contribution >= 4 is 22.3 Å². The Kier molecular flexibility index (Phi) is 3.33. The van der Waals surface area contributed by atoms with Gasteiger partial charge in [-0.05, 0) is 44.2 Å². The average molecular weight is 297 g/mol. The molecule has 0 amide bonds. The van der Waals surface area contributed by atoms with E-state index in [0.717, 1.165) is 27.9 Å². The summed E-state index contributed by atoms with van der Waals surface area (Å²) in [6.07, 6.45) is 0.112. The van der Waals surface area contributed by atoms with Gasteiger partial charge in [-0.2, -0.15) is 0 Å². The van der Waals surface area contributed by atoms with Gasteiger partial charge in [0.2, 0.25) is 0 Å². The Labute approximate surface area is 128 Å². The summed E-state index contributed by atoms with van der Waals surface area (Å²) in [5.74, 6) is 0.853. The molecule has 5 heteroatoms. The molecule has 3 aromatic rings. The quantitative estimate of drug-likeness (QED) is 0.439. The number of fused-ring (bicyclic) bond motifs is 1. The maximum absolute atomic E-state index is 9.54. The highest BCUT2D eigenvalue weighted by Gasteiger charge is 2.12. The summed E-state index contributed by atoms with van der Waals surface area (Å²) in [7, 11) is 0. The number of phenols is 1. The zero-order valence-electron chi connectivity index (χ0n) is 12.6. The number of nitrogen functional groups attached to an aromatic ring is 2. The molecular formula is C17H19N3O2. The molecule has 0 fully saturated rings. The number of nitrogens with one attached hydrogen (secondary N) is 1. The van der Waals surface area contributed by atoms with E-state index >= 15 is 0 Å². The highest BCUT2D eigenvalue weighted by Crippen LogP contribution is 2.36. The summed E-state index contributed by atoms with van der Waals surface area (Å²) in [4.78, 5) is 3.30. The van der Waals surface area contributed by atoms with Crippen LogP contribution in [0.1, 0.15) is 13.8 Å². The van der Waals surface area contributed by atoms with Crippen molar-refractivity contribution in [2.24, 2.45) is 0 Å². The van der Waals surface area contributed by atoms with Gasteiger partial charge in [0.15, 0.2) is 0 Å². The van der Waals surface area contributed by atoms with E-state index in [1.807, 2.05) is 32.0 Å². The van der Waals surface area contributed by atoms with Crippen LogP contribution in [0.2, 0.25) is 0 Å². The Morgan fingerprint density at radius 3 is 2.55 bits per heavy atom. The first-order valence-corrected chi connectivity index (χ1v) is 7.12. The van der Waals surface area contributed by atoms with Crippen LogP contribution in [0.15, 0.2) is 36.4 Å². The second-order valence-corrected chi connectivity index (χ2v) is 5.56. The van der Waals surface area contributed by atoms with Crippen LogP contribution >= 0.6 is 0 Å². The highest BCUT2D eigenvalue weighted by molar-refractivity contribution is 6.00. The summed E-state index contributed by atoms with van der Waals surface area (Å²) in [6.45, 7) is 3.97. The molecule has 0 radical (unpaired) electrons. The fourth-order valence-corrected chi connectivity index (χ4v) is 2.48. The minimum absolute atomic E-state index is 0.0612. The molecule has 3 rings (SSSR count). The lowest BCUT2D eigenvalue weighted by Gasteiger charge is -2.09. The van der Waals surface area contributed by atoms with Gasteiger partial charge in [-0.3, -0.25) is 0 Å². The summed E-state index contributed by atoms with van der Waals surface area (Å²) >= 11 is 0. The molecule has 0 bridgehead atoms. The summed E-state index contributed by atoms with van der Waals surface area (Å²) in [6, 6.07) is 10.8. The second kappa shape index (κ2) is 5.18. The van der Waals surface area contributed by atoms with Crippen LogP contribution in [0.3, 0.4) is 0 Å². The number of anilines is 2. The van der Waals surface area contributed by atoms with E-state index in [9.17, 15) is 5.11 Å². The van der Waals surface area contributed by atoms with Gasteiger partial charge in [0.05, 0.1) is 28.7 Å². The first-order chi connectivity index (χ1) is 10.5. The van der Waals surface area contributed by atoms with E-state index in [1.165, 1.54) is 0 Å². The van der Waals surface area contributed by atoms with Gasteiger partial charge in [-0.1, -0.05) is 0 Å². The Balaban J connectivity index is 2.10. The predicted molar refractivity (Wildman–Crippen MR) is 90.0 cm³/mol. The SMILES string of the molecule is CC(C)Oc1ccc2c(N)c(-c3ccc(O)c(N)c3)[nH]c2c1. The van der Waals surface area contributed by atoms with Crippen molar-refractivity contribution in [3.8, 4) is 22.8 Å².